The fourth-order valence-electron chi connectivity index (χ4n) is 2.64. The number of hydrazine groups is 1. The Morgan fingerprint density at radius 3 is 2.26 bits per heavy atom. The van der Waals surface area contributed by atoms with Crippen LogP contribution in [0.3, 0.4) is 0 Å². The van der Waals surface area contributed by atoms with Crippen LogP contribution < -0.4 is 30.4 Å². The zero-order chi connectivity index (χ0) is 22.1. The van der Waals surface area contributed by atoms with Crippen molar-refractivity contribution in [2.24, 2.45) is 0 Å². The van der Waals surface area contributed by atoms with Crippen molar-refractivity contribution < 1.29 is 23.8 Å². The smallest absolute Gasteiger partial charge is 0.276 e. The van der Waals surface area contributed by atoms with Gasteiger partial charge in [-0.05, 0) is 47.3 Å². The number of benzene rings is 3. The van der Waals surface area contributed by atoms with E-state index >= 15 is 0 Å². The molecule has 0 aliphatic carbocycles. The zero-order valence-corrected chi connectivity index (χ0v) is 17.5. The number of thiocarbonyl (C=S) groups is 1. The van der Waals surface area contributed by atoms with Crippen molar-refractivity contribution in [2.75, 3.05) is 20.3 Å². The highest BCUT2D eigenvalue weighted by molar-refractivity contribution is 7.80. The van der Waals surface area contributed by atoms with Crippen molar-refractivity contribution >= 4 is 39.9 Å². The Hall–Kier alpha value is -3.85. The lowest BCUT2D eigenvalue weighted by molar-refractivity contribution is -0.124. The van der Waals surface area contributed by atoms with Crippen molar-refractivity contribution in [3.05, 3.63) is 66.7 Å². The lowest BCUT2D eigenvalue weighted by atomic mass is 10.1. The Morgan fingerprint density at radius 2 is 1.48 bits per heavy atom. The van der Waals surface area contributed by atoms with Gasteiger partial charge in [-0.1, -0.05) is 42.5 Å². The fourth-order valence-corrected chi connectivity index (χ4v) is 2.81. The van der Waals surface area contributed by atoms with E-state index in [4.69, 9.17) is 26.4 Å². The van der Waals surface area contributed by atoms with E-state index < -0.39 is 11.8 Å². The van der Waals surface area contributed by atoms with Crippen molar-refractivity contribution in [1.29, 1.82) is 0 Å². The van der Waals surface area contributed by atoms with Crippen molar-refractivity contribution in [3.63, 3.8) is 0 Å². The average Bonchev–Trinajstić information content (AvgIpc) is 2.80. The molecule has 3 rings (SSSR count). The summed E-state index contributed by atoms with van der Waals surface area (Å²) in [6, 6.07) is 20.3. The largest absolute Gasteiger partial charge is 0.493 e. The SMILES string of the molecule is COc1ccccc1OCC(=O)NNC(=S)NC(=O)COc1ccc2ccccc2c1. The highest BCUT2D eigenvalue weighted by atomic mass is 32.1. The minimum absolute atomic E-state index is 0.0715. The Bertz CT molecular complexity index is 1090. The number of hydrogen-bond acceptors (Lipinski definition) is 6. The number of methoxy groups -OCH3 is 1. The molecule has 0 saturated heterocycles. The molecule has 0 aliphatic heterocycles. The molecule has 2 amide bonds. The maximum Gasteiger partial charge on any atom is 0.276 e. The van der Waals surface area contributed by atoms with Crippen LogP contribution in [0.15, 0.2) is 66.7 Å². The van der Waals surface area contributed by atoms with Crippen LogP contribution in [0.2, 0.25) is 0 Å². The summed E-state index contributed by atoms with van der Waals surface area (Å²) in [6.07, 6.45) is 0. The van der Waals surface area contributed by atoms with Gasteiger partial charge in [0.15, 0.2) is 29.8 Å². The summed E-state index contributed by atoms with van der Waals surface area (Å²) in [5.41, 5.74) is 4.77. The van der Waals surface area contributed by atoms with Crippen molar-refractivity contribution in [3.8, 4) is 17.2 Å². The van der Waals surface area contributed by atoms with E-state index in [0.717, 1.165) is 10.8 Å². The van der Waals surface area contributed by atoms with Gasteiger partial charge in [-0.3, -0.25) is 25.8 Å². The van der Waals surface area contributed by atoms with Crippen LogP contribution in [0.25, 0.3) is 10.8 Å². The number of ether oxygens (including phenoxy) is 3. The minimum atomic E-state index is -0.491. The summed E-state index contributed by atoms with van der Waals surface area (Å²) >= 11 is 4.99. The molecule has 160 valence electrons. The topological polar surface area (TPSA) is 97.9 Å². The van der Waals surface area contributed by atoms with Crippen LogP contribution in [0.1, 0.15) is 0 Å². The maximum absolute atomic E-state index is 12.0. The van der Waals surface area contributed by atoms with Gasteiger partial charge in [0, 0.05) is 0 Å². The number of carbonyl (C=O) groups is 2. The summed E-state index contributed by atoms with van der Waals surface area (Å²) in [7, 11) is 1.51. The number of hydrogen-bond donors (Lipinski definition) is 3. The van der Waals surface area contributed by atoms with Crippen LogP contribution in [0, 0.1) is 0 Å². The summed E-state index contributed by atoms with van der Waals surface area (Å²) in [6.45, 7) is -0.500. The molecular formula is C22H21N3O5S. The standard InChI is InChI=1S/C22H21N3O5S/c1-28-18-8-4-5-9-19(18)30-14-21(27)24-25-22(31)23-20(26)13-29-17-11-10-15-6-2-3-7-16(15)12-17/h2-12H,13-14H2,1H3,(H,24,27)(H2,23,25,26,31). The quantitative estimate of drug-likeness (QED) is 0.384. The number of amides is 2. The molecule has 0 spiro atoms. The molecule has 0 saturated carbocycles. The van der Waals surface area contributed by atoms with E-state index in [-0.39, 0.29) is 18.3 Å². The van der Waals surface area contributed by atoms with Crippen molar-refractivity contribution in [2.45, 2.75) is 0 Å². The van der Waals surface area contributed by atoms with Crippen LogP contribution in [0.5, 0.6) is 17.2 Å². The van der Waals surface area contributed by atoms with Gasteiger partial charge in [-0.25, -0.2) is 0 Å². The molecule has 9 heteroatoms. The molecule has 3 N–H and O–H groups in total. The van der Waals surface area contributed by atoms with E-state index in [9.17, 15) is 9.59 Å². The molecule has 0 aliphatic rings. The third-order valence-corrected chi connectivity index (χ3v) is 4.29. The molecule has 0 bridgehead atoms. The molecule has 8 nitrogen and oxygen atoms in total. The molecule has 0 unspecified atom stereocenters. The van der Waals surface area contributed by atoms with Gasteiger partial charge >= 0.3 is 0 Å². The molecule has 31 heavy (non-hydrogen) atoms. The van der Waals surface area contributed by atoms with Crippen LogP contribution in [-0.2, 0) is 9.59 Å². The molecule has 0 radical (unpaired) electrons. The Labute approximate surface area is 184 Å². The molecular weight excluding hydrogens is 418 g/mol. The van der Waals surface area contributed by atoms with E-state index in [1.165, 1.54) is 7.11 Å². The first-order valence-corrected chi connectivity index (χ1v) is 9.72. The van der Waals surface area contributed by atoms with Crippen molar-refractivity contribution in [1.82, 2.24) is 16.2 Å². The number of para-hydroxylation sites is 2. The fraction of sp³-hybridized carbons (Fsp3) is 0.136. The van der Waals surface area contributed by atoms with E-state index in [2.05, 4.69) is 16.2 Å². The van der Waals surface area contributed by atoms with Gasteiger partial charge in [0.1, 0.15) is 5.75 Å². The molecule has 3 aromatic carbocycles. The molecule has 0 heterocycles. The molecule has 0 atom stereocenters. The predicted molar refractivity (Wildman–Crippen MR) is 120 cm³/mol. The van der Waals surface area contributed by atoms with Gasteiger partial charge < -0.3 is 14.2 Å². The van der Waals surface area contributed by atoms with E-state index in [0.29, 0.717) is 17.2 Å². The first kappa shape index (κ1) is 21.8. The third kappa shape index (κ3) is 6.58. The Kier molecular flexibility index (Phi) is 7.61. The normalized spacial score (nSPS) is 10.1. The van der Waals surface area contributed by atoms with E-state index in [1.54, 1.807) is 30.3 Å². The second-order valence-corrected chi connectivity index (χ2v) is 6.70. The maximum atomic E-state index is 12.0. The van der Waals surface area contributed by atoms with Gasteiger partial charge in [-0.2, -0.15) is 0 Å². The van der Waals surface area contributed by atoms with Crippen LogP contribution in [-0.4, -0.2) is 37.3 Å². The summed E-state index contributed by atoms with van der Waals surface area (Å²) in [5.74, 6) is 0.550. The highest BCUT2D eigenvalue weighted by Gasteiger charge is 2.09. The second kappa shape index (κ2) is 10.8. The van der Waals surface area contributed by atoms with Gasteiger partial charge in [0.2, 0.25) is 0 Å². The number of nitrogens with one attached hydrogen (secondary N) is 3. The van der Waals surface area contributed by atoms with Crippen LogP contribution >= 0.6 is 12.2 Å². The minimum Gasteiger partial charge on any atom is -0.493 e. The Balaban J connectivity index is 1.37. The van der Waals surface area contributed by atoms with Gasteiger partial charge in [-0.15, -0.1) is 0 Å². The zero-order valence-electron chi connectivity index (χ0n) is 16.7. The summed E-state index contributed by atoms with van der Waals surface area (Å²) in [4.78, 5) is 23.9. The monoisotopic (exact) mass is 439 g/mol. The number of rotatable bonds is 7. The third-order valence-electron chi connectivity index (χ3n) is 4.09. The molecule has 3 aromatic rings. The average molecular weight is 439 g/mol. The first-order valence-electron chi connectivity index (χ1n) is 9.31. The predicted octanol–water partition coefficient (Wildman–Crippen LogP) is 2.33. The lowest BCUT2D eigenvalue weighted by Gasteiger charge is -2.13. The second-order valence-electron chi connectivity index (χ2n) is 6.29. The highest BCUT2D eigenvalue weighted by Crippen LogP contribution is 2.25. The lowest BCUT2D eigenvalue weighted by Crippen LogP contribution is -2.50. The van der Waals surface area contributed by atoms with E-state index in [1.807, 2.05) is 36.4 Å². The summed E-state index contributed by atoms with van der Waals surface area (Å²) < 4.78 is 16.0. The van der Waals surface area contributed by atoms with Gasteiger partial charge in [0.05, 0.1) is 7.11 Å². The van der Waals surface area contributed by atoms with Gasteiger partial charge in [0.25, 0.3) is 11.8 Å². The molecule has 0 aromatic heterocycles. The number of carbonyl (C=O) groups excluding carboxylic acids is 2. The molecule has 0 fully saturated rings. The summed E-state index contributed by atoms with van der Waals surface area (Å²) in [5, 5.41) is 4.43. The number of fused-ring (bicyclic) bond motifs is 1. The first-order chi connectivity index (χ1) is 15.0. The van der Waals surface area contributed by atoms with Crippen LogP contribution in [0.4, 0.5) is 0 Å². The Morgan fingerprint density at radius 1 is 0.806 bits per heavy atom.